The Bertz CT molecular complexity index is 1480. The van der Waals surface area contributed by atoms with Gasteiger partial charge in [0.2, 0.25) is 0 Å². The van der Waals surface area contributed by atoms with E-state index in [2.05, 4.69) is 109 Å². The van der Waals surface area contributed by atoms with Crippen LogP contribution >= 0.6 is 11.8 Å². The van der Waals surface area contributed by atoms with Crippen molar-refractivity contribution < 1.29 is 4.74 Å². The lowest BCUT2D eigenvalue weighted by Crippen LogP contribution is -1.99. The van der Waals surface area contributed by atoms with Gasteiger partial charge < -0.3 is 4.74 Å². The predicted molar refractivity (Wildman–Crippen MR) is 153 cm³/mol. The van der Waals surface area contributed by atoms with Crippen LogP contribution in [0.5, 0.6) is 0 Å². The standard InChI is InChI=1S/C34H24OS/c1-4-12-26(13-5-1)31-22-25(23-32(35-31)27-14-6-2-7-15-27)20-21-29-24-34(28-16-8-3-9-17-28)36-33-19-11-10-18-30(29)33/h1-24H/b29-21-. The van der Waals surface area contributed by atoms with Gasteiger partial charge >= 0.3 is 0 Å². The second kappa shape index (κ2) is 10.2. The lowest BCUT2D eigenvalue weighted by molar-refractivity contribution is 0.467. The van der Waals surface area contributed by atoms with Crippen molar-refractivity contribution in [2.24, 2.45) is 0 Å². The molecule has 0 saturated heterocycles. The van der Waals surface area contributed by atoms with Crippen molar-refractivity contribution in [3.05, 3.63) is 173 Å². The van der Waals surface area contributed by atoms with Crippen LogP contribution in [0.15, 0.2) is 156 Å². The van der Waals surface area contributed by atoms with E-state index in [9.17, 15) is 0 Å². The van der Waals surface area contributed by atoms with E-state index in [1.165, 1.54) is 26.5 Å². The monoisotopic (exact) mass is 480 g/mol. The molecule has 0 amide bonds. The summed E-state index contributed by atoms with van der Waals surface area (Å²) < 4.78 is 6.36. The van der Waals surface area contributed by atoms with Gasteiger partial charge in [-0.25, -0.2) is 0 Å². The fourth-order valence-corrected chi connectivity index (χ4v) is 5.46. The summed E-state index contributed by atoms with van der Waals surface area (Å²) in [5.41, 5.74) is 6.90. The zero-order chi connectivity index (χ0) is 24.2. The molecule has 0 fully saturated rings. The lowest BCUT2D eigenvalue weighted by atomic mass is 10.0. The first-order chi connectivity index (χ1) is 17.8. The molecular weight excluding hydrogens is 456 g/mol. The summed E-state index contributed by atoms with van der Waals surface area (Å²) in [6, 6.07) is 39.7. The van der Waals surface area contributed by atoms with Crippen LogP contribution in [-0.4, -0.2) is 0 Å². The number of rotatable bonds is 4. The third kappa shape index (κ3) is 4.77. The Kier molecular flexibility index (Phi) is 6.26. The Morgan fingerprint density at radius 1 is 0.500 bits per heavy atom. The summed E-state index contributed by atoms with van der Waals surface area (Å²) in [6.45, 7) is 0. The summed E-state index contributed by atoms with van der Waals surface area (Å²) in [5, 5.41) is 0. The number of hydrogen-bond acceptors (Lipinski definition) is 2. The second-order valence-corrected chi connectivity index (χ2v) is 9.70. The topological polar surface area (TPSA) is 9.23 Å². The summed E-state index contributed by atoms with van der Waals surface area (Å²) >= 11 is 1.83. The zero-order valence-electron chi connectivity index (χ0n) is 19.7. The summed E-state index contributed by atoms with van der Waals surface area (Å²) in [7, 11) is 0. The number of fused-ring (bicyclic) bond motifs is 1. The van der Waals surface area contributed by atoms with Crippen LogP contribution in [0.1, 0.15) is 22.3 Å². The molecule has 0 aliphatic carbocycles. The largest absolute Gasteiger partial charge is 0.456 e. The summed E-state index contributed by atoms with van der Waals surface area (Å²) in [6.07, 6.45) is 10.9. The van der Waals surface area contributed by atoms with E-state index < -0.39 is 0 Å². The maximum Gasteiger partial charge on any atom is 0.135 e. The first kappa shape index (κ1) is 22.2. The smallest absolute Gasteiger partial charge is 0.135 e. The molecule has 1 nitrogen and oxygen atoms in total. The highest BCUT2D eigenvalue weighted by atomic mass is 32.2. The molecule has 2 aliphatic rings. The van der Waals surface area contributed by atoms with Gasteiger partial charge in [-0.05, 0) is 46.6 Å². The fourth-order valence-electron chi connectivity index (χ4n) is 4.34. The quantitative estimate of drug-likeness (QED) is 0.288. The first-order valence-electron chi connectivity index (χ1n) is 12.0. The van der Waals surface area contributed by atoms with E-state index >= 15 is 0 Å². The highest BCUT2D eigenvalue weighted by Crippen LogP contribution is 2.44. The van der Waals surface area contributed by atoms with E-state index in [0.717, 1.165) is 28.2 Å². The van der Waals surface area contributed by atoms with Crippen LogP contribution in [0.25, 0.3) is 22.0 Å². The molecule has 4 aromatic rings. The van der Waals surface area contributed by atoms with Crippen molar-refractivity contribution in [2.75, 3.05) is 0 Å². The molecule has 6 rings (SSSR count). The van der Waals surface area contributed by atoms with E-state index in [4.69, 9.17) is 4.74 Å². The van der Waals surface area contributed by atoms with Crippen molar-refractivity contribution in [1.29, 1.82) is 0 Å². The molecule has 0 bridgehead atoms. The van der Waals surface area contributed by atoms with Gasteiger partial charge in [0.05, 0.1) is 0 Å². The Labute approximate surface area is 216 Å². The van der Waals surface area contributed by atoms with Crippen LogP contribution in [0.2, 0.25) is 0 Å². The zero-order valence-corrected chi connectivity index (χ0v) is 20.5. The molecule has 0 radical (unpaired) electrons. The molecule has 2 heteroatoms. The minimum Gasteiger partial charge on any atom is -0.456 e. The molecule has 0 spiro atoms. The lowest BCUT2D eigenvalue weighted by Gasteiger charge is -2.20. The molecule has 172 valence electrons. The van der Waals surface area contributed by atoms with Crippen molar-refractivity contribution in [3.8, 4) is 0 Å². The summed E-state index contributed by atoms with van der Waals surface area (Å²) in [4.78, 5) is 2.53. The van der Waals surface area contributed by atoms with E-state index in [-0.39, 0.29) is 0 Å². The van der Waals surface area contributed by atoms with Crippen molar-refractivity contribution >= 4 is 33.8 Å². The average Bonchev–Trinajstić information content (AvgIpc) is 2.97. The maximum atomic E-state index is 6.36. The van der Waals surface area contributed by atoms with Gasteiger partial charge in [-0.2, -0.15) is 0 Å². The highest BCUT2D eigenvalue weighted by molar-refractivity contribution is 8.08. The Balaban J connectivity index is 1.44. The van der Waals surface area contributed by atoms with Crippen LogP contribution in [0, 0.1) is 0 Å². The van der Waals surface area contributed by atoms with Crippen molar-refractivity contribution in [3.63, 3.8) is 0 Å². The fraction of sp³-hybridized carbons (Fsp3) is 0. The number of allylic oxidation sites excluding steroid dienone is 7. The molecule has 0 unspecified atom stereocenters. The van der Waals surface area contributed by atoms with Crippen LogP contribution < -0.4 is 0 Å². The SMILES string of the molecule is C(/C=C1/C=C(c2ccccc2)Sc2ccccc21)=C1C=C(c2ccccc2)OC(c2ccccc2)=C1. The van der Waals surface area contributed by atoms with Gasteiger partial charge in [-0.15, -0.1) is 0 Å². The molecule has 2 heterocycles. The molecule has 0 N–H and O–H groups in total. The molecule has 2 aliphatic heterocycles. The van der Waals surface area contributed by atoms with Crippen LogP contribution in [0.4, 0.5) is 0 Å². The molecule has 36 heavy (non-hydrogen) atoms. The molecular formula is C34H24OS. The third-order valence-corrected chi connectivity index (χ3v) is 7.30. The number of benzene rings is 4. The normalized spacial score (nSPS) is 15.8. The van der Waals surface area contributed by atoms with Gasteiger partial charge in [0.15, 0.2) is 0 Å². The van der Waals surface area contributed by atoms with Gasteiger partial charge in [0.1, 0.15) is 11.5 Å². The van der Waals surface area contributed by atoms with E-state index in [1.807, 2.05) is 48.2 Å². The number of thioether (sulfide) groups is 1. The maximum absolute atomic E-state index is 6.36. The molecule has 0 atom stereocenters. The van der Waals surface area contributed by atoms with E-state index in [0.29, 0.717) is 0 Å². The Morgan fingerprint density at radius 3 is 1.64 bits per heavy atom. The van der Waals surface area contributed by atoms with Crippen LogP contribution in [0.3, 0.4) is 0 Å². The van der Waals surface area contributed by atoms with Gasteiger partial charge in [-0.1, -0.05) is 133 Å². The Morgan fingerprint density at radius 2 is 1.03 bits per heavy atom. The van der Waals surface area contributed by atoms with Gasteiger partial charge in [-0.3, -0.25) is 0 Å². The predicted octanol–water partition coefficient (Wildman–Crippen LogP) is 9.26. The Hall–Kier alpha value is -4.27. The second-order valence-electron chi connectivity index (χ2n) is 8.61. The highest BCUT2D eigenvalue weighted by Gasteiger charge is 2.17. The summed E-state index contributed by atoms with van der Waals surface area (Å²) in [5.74, 6) is 1.70. The number of hydrogen-bond donors (Lipinski definition) is 0. The molecule has 0 saturated carbocycles. The minimum absolute atomic E-state index is 0.849. The van der Waals surface area contributed by atoms with Crippen molar-refractivity contribution in [2.45, 2.75) is 4.90 Å². The van der Waals surface area contributed by atoms with Crippen LogP contribution in [-0.2, 0) is 4.74 Å². The number of ether oxygens (including phenoxy) is 1. The van der Waals surface area contributed by atoms with Crippen molar-refractivity contribution in [1.82, 2.24) is 0 Å². The van der Waals surface area contributed by atoms with Gasteiger partial charge in [0.25, 0.3) is 0 Å². The first-order valence-corrected chi connectivity index (χ1v) is 12.8. The van der Waals surface area contributed by atoms with E-state index in [1.54, 1.807) is 0 Å². The average molecular weight is 481 g/mol. The minimum atomic E-state index is 0.849. The third-order valence-electron chi connectivity index (χ3n) is 6.15. The molecule has 4 aromatic carbocycles. The van der Waals surface area contributed by atoms with Gasteiger partial charge in [0, 0.05) is 20.9 Å². The molecule has 0 aromatic heterocycles.